The zero-order valence-corrected chi connectivity index (χ0v) is 12.9. The number of piperazine rings is 1. The van der Waals surface area contributed by atoms with Gasteiger partial charge in [0.15, 0.2) is 0 Å². The molecule has 1 fully saturated rings. The summed E-state index contributed by atoms with van der Waals surface area (Å²) in [6.07, 6.45) is 0. The van der Waals surface area contributed by atoms with Crippen LogP contribution >= 0.6 is 0 Å². The lowest BCUT2D eigenvalue weighted by Crippen LogP contribution is -2.59. The summed E-state index contributed by atoms with van der Waals surface area (Å²) in [7, 11) is -3.63. The number of sulfonamides is 1. The highest BCUT2D eigenvalue weighted by Crippen LogP contribution is 2.21. The SMILES string of the molecule is CC(C)C1C(=O)NCCN1S(=O)(=O)Cc1ccc(F)cc1. The maximum Gasteiger partial charge on any atom is 0.238 e. The highest BCUT2D eigenvalue weighted by atomic mass is 32.2. The maximum atomic E-state index is 12.9. The number of carbonyl (C=O) groups is 1. The topological polar surface area (TPSA) is 66.5 Å². The number of hydrogen-bond donors (Lipinski definition) is 1. The molecule has 1 unspecified atom stereocenters. The van der Waals surface area contributed by atoms with E-state index < -0.39 is 21.9 Å². The largest absolute Gasteiger partial charge is 0.353 e. The van der Waals surface area contributed by atoms with Crippen LogP contribution in [0.3, 0.4) is 0 Å². The van der Waals surface area contributed by atoms with E-state index in [0.717, 1.165) is 0 Å². The van der Waals surface area contributed by atoms with Gasteiger partial charge < -0.3 is 5.32 Å². The Kier molecular flexibility index (Phi) is 4.63. The van der Waals surface area contributed by atoms with Crippen molar-refractivity contribution in [3.63, 3.8) is 0 Å². The molecule has 2 rings (SSSR count). The number of carbonyl (C=O) groups excluding carboxylic acids is 1. The number of halogens is 1. The average molecular weight is 314 g/mol. The predicted molar refractivity (Wildman–Crippen MR) is 77.4 cm³/mol. The van der Waals surface area contributed by atoms with E-state index in [2.05, 4.69) is 5.32 Å². The van der Waals surface area contributed by atoms with Crippen molar-refractivity contribution in [2.75, 3.05) is 13.1 Å². The lowest BCUT2D eigenvalue weighted by Gasteiger charge is -2.36. The lowest BCUT2D eigenvalue weighted by molar-refractivity contribution is -0.128. The molecular formula is C14H19FN2O3S. The van der Waals surface area contributed by atoms with Crippen LogP contribution in [-0.4, -0.2) is 37.8 Å². The fourth-order valence-corrected chi connectivity index (χ4v) is 4.32. The van der Waals surface area contributed by atoms with Gasteiger partial charge in [0, 0.05) is 13.1 Å². The molecule has 0 radical (unpaired) electrons. The first-order valence-corrected chi connectivity index (χ1v) is 8.44. The summed E-state index contributed by atoms with van der Waals surface area (Å²) in [4.78, 5) is 11.9. The molecular weight excluding hydrogens is 295 g/mol. The zero-order chi connectivity index (χ0) is 15.6. The fourth-order valence-electron chi connectivity index (χ4n) is 2.49. The molecule has 1 aliphatic heterocycles. The van der Waals surface area contributed by atoms with E-state index >= 15 is 0 Å². The Morgan fingerprint density at radius 3 is 2.52 bits per heavy atom. The van der Waals surface area contributed by atoms with Crippen LogP contribution in [0.15, 0.2) is 24.3 Å². The molecule has 0 aliphatic carbocycles. The van der Waals surface area contributed by atoms with Gasteiger partial charge in [-0.1, -0.05) is 26.0 Å². The van der Waals surface area contributed by atoms with Gasteiger partial charge >= 0.3 is 0 Å². The second-order valence-electron chi connectivity index (χ2n) is 5.47. The van der Waals surface area contributed by atoms with Crippen molar-refractivity contribution in [1.29, 1.82) is 0 Å². The molecule has 1 atom stereocenters. The Bertz CT molecular complexity index is 614. The van der Waals surface area contributed by atoms with Crippen molar-refractivity contribution < 1.29 is 17.6 Å². The van der Waals surface area contributed by atoms with Gasteiger partial charge in [0.2, 0.25) is 15.9 Å². The minimum atomic E-state index is -3.63. The summed E-state index contributed by atoms with van der Waals surface area (Å²) in [6, 6.07) is 4.66. The van der Waals surface area contributed by atoms with Crippen molar-refractivity contribution in [3.8, 4) is 0 Å². The van der Waals surface area contributed by atoms with Gasteiger partial charge in [-0.05, 0) is 23.6 Å². The van der Waals surface area contributed by atoms with Crippen LogP contribution in [0.1, 0.15) is 19.4 Å². The van der Waals surface area contributed by atoms with Crippen molar-refractivity contribution in [3.05, 3.63) is 35.6 Å². The van der Waals surface area contributed by atoms with Gasteiger partial charge in [0.1, 0.15) is 11.9 Å². The van der Waals surface area contributed by atoms with Crippen LogP contribution < -0.4 is 5.32 Å². The first kappa shape index (κ1) is 15.9. The summed E-state index contributed by atoms with van der Waals surface area (Å²) < 4.78 is 39.2. The van der Waals surface area contributed by atoms with E-state index in [9.17, 15) is 17.6 Å². The molecule has 1 aromatic rings. The summed E-state index contributed by atoms with van der Waals surface area (Å²) in [5.74, 6) is -1.02. The standard InChI is InChI=1S/C14H19FN2O3S/c1-10(2)13-14(18)16-7-8-17(13)21(19,20)9-11-3-5-12(15)6-4-11/h3-6,10,13H,7-9H2,1-2H3,(H,16,18). The van der Waals surface area contributed by atoms with E-state index in [0.29, 0.717) is 12.1 Å². The first-order valence-electron chi connectivity index (χ1n) is 6.83. The Labute approximate surface area is 124 Å². The third-order valence-electron chi connectivity index (χ3n) is 3.46. The highest BCUT2D eigenvalue weighted by molar-refractivity contribution is 7.88. The third-order valence-corrected chi connectivity index (χ3v) is 5.28. The summed E-state index contributed by atoms with van der Waals surface area (Å²) in [5.41, 5.74) is 0.505. The van der Waals surface area contributed by atoms with Gasteiger partial charge in [-0.15, -0.1) is 0 Å². The minimum absolute atomic E-state index is 0.117. The number of nitrogens with zero attached hydrogens (tertiary/aromatic N) is 1. The van der Waals surface area contributed by atoms with E-state index in [1.54, 1.807) is 0 Å². The molecule has 0 bridgehead atoms. The number of hydrogen-bond acceptors (Lipinski definition) is 3. The number of rotatable bonds is 4. The Hall–Kier alpha value is -1.47. The van der Waals surface area contributed by atoms with Crippen molar-refractivity contribution in [2.45, 2.75) is 25.6 Å². The highest BCUT2D eigenvalue weighted by Gasteiger charge is 2.39. The molecule has 5 nitrogen and oxygen atoms in total. The summed E-state index contributed by atoms with van der Waals surface area (Å²) in [5, 5.41) is 2.69. The van der Waals surface area contributed by atoms with E-state index in [1.165, 1.54) is 28.6 Å². The Morgan fingerprint density at radius 2 is 1.95 bits per heavy atom. The molecule has 21 heavy (non-hydrogen) atoms. The number of benzene rings is 1. The van der Waals surface area contributed by atoms with E-state index in [4.69, 9.17) is 0 Å². The molecule has 1 aliphatic rings. The molecule has 7 heteroatoms. The number of nitrogens with one attached hydrogen (secondary N) is 1. The van der Waals surface area contributed by atoms with Crippen LogP contribution in [-0.2, 0) is 20.6 Å². The van der Waals surface area contributed by atoms with Gasteiger partial charge in [0.25, 0.3) is 0 Å². The van der Waals surface area contributed by atoms with Gasteiger partial charge in [0.05, 0.1) is 5.75 Å². The Morgan fingerprint density at radius 1 is 1.33 bits per heavy atom. The van der Waals surface area contributed by atoms with E-state index in [-0.39, 0.29) is 24.1 Å². The van der Waals surface area contributed by atoms with Crippen LogP contribution in [0.2, 0.25) is 0 Å². The van der Waals surface area contributed by atoms with Crippen molar-refractivity contribution >= 4 is 15.9 Å². The van der Waals surface area contributed by atoms with Crippen molar-refractivity contribution in [1.82, 2.24) is 9.62 Å². The fraction of sp³-hybridized carbons (Fsp3) is 0.500. The Balaban J connectivity index is 2.24. The second kappa shape index (κ2) is 6.11. The van der Waals surface area contributed by atoms with Crippen LogP contribution in [0.4, 0.5) is 4.39 Å². The van der Waals surface area contributed by atoms with Crippen LogP contribution in [0.25, 0.3) is 0 Å². The van der Waals surface area contributed by atoms with Gasteiger partial charge in [-0.25, -0.2) is 12.8 Å². The predicted octanol–water partition coefficient (Wildman–Crippen LogP) is 1.11. The zero-order valence-electron chi connectivity index (χ0n) is 12.0. The van der Waals surface area contributed by atoms with Crippen molar-refractivity contribution in [2.24, 2.45) is 5.92 Å². The van der Waals surface area contributed by atoms with Crippen LogP contribution in [0.5, 0.6) is 0 Å². The first-order chi connectivity index (χ1) is 9.81. The quantitative estimate of drug-likeness (QED) is 0.905. The smallest absolute Gasteiger partial charge is 0.238 e. The summed E-state index contributed by atoms with van der Waals surface area (Å²) in [6.45, 7) is 4.20. The monoisotopic (exact) mass is 314 g/mol. The molecule has 1 saturated heterocycles. The van der Waals surface area contributed by atoms with E-state index in [1.807, 2.05) is 13.8 Å². The molecule has 0 saturated carbocycles. The molecule has 1 aromatic carbocycles. The molecule has 1 amide bonds. The molecule has 0 aromatic heterocycles. The normalized spacial score (nSPS) is 20.6. The van der Waals surface area contributed by atoms with Gasteiger partial charge in [-0.3, -0.25) is 4.79 Å². The average Bonchev–Trinajstić information content (AvgIpc) is 2.40. The molecule has 1 heterocycles. The minimum Gasteiger partial charge on any atom is -0.353 e. The van der Waals surface area contributed by atoms with Gasteiger partial charge in [-0.2, -0.15) is 4.31 Å². The van der Waals surface area contributed by atoms with Crippen LogP contribution in [0, 0.1) is 11.7 Å². The maximum absolute atomic E-state index is 12.9. The summed E-state index contributed by atoms with van der Waals surface area (Å²) >= 11 is 0. The third kappa shape index (κ3) is 3.59. The molecule has 0 spiro atoms. The second-order valence-corrected chi connectivity index (χ2v) is 7.39. The molecule has 116 valence electrons. The molecule has 1 N–H and O–H groups in total. The lowest BCUT2D eigenvalue weighted by atomic mass is 10.0. The number of amides is 1.